The predicted molar refractivity (Wildman–Crippen MR) is 82.2 cm³/mol. The van der Waals surface area contributed by atoms with E-state index in [-0.39, 0.29) is 12.1 Å². The van der Waals surface area contributed by atoms with E-state index in [1.165, 1.54) is 18.3 Å². The molecule has 0 unspecified atom stereocenters. The van der Waals surface area contributed by atoms with Gasteiger partial charge in [-0.2, -0.15) is 0 Å². The Balaban J connectivity index is 2.16. The van der Waals surface area contributed by atoms with E-state index in [1.54, 1.807) is 6.07 Å². The molecule has 0 atom stereocenters. The number of amides is 1. The Bertz CT molecular complexity index is 793. The molecule has 114 valence electrons. The molecule has 0 aliphatic rings. The first-order chi connectivity index (χ1) is 10.4. The molecule has 6 nitrogen and oxygen atoms in total. The van der Waals surface area contributed by atoms with Crippen LogP contribution in [0.2, 0.25) is 0 Å². The van der Waals surface area contributed by atoms with E-state index in [9.17, 15) is 14.4 Å². The summed E-state index contributed by atoms with van der Waals surface area (Å²) in [5.74, 6) is -1.71. The Kier molecular flexibility index (Phi) is 4.41. The minimum absolute atomic E-state index is 0.243. The van der Waals surface area contributed by atoms with Crippen LogP contribution in [0.5, 0.6) is 0 Å². The highest BCUT2D eigenvalue weighted by Gasteiger charge is 2.12. The van der Waals surface area contributed by atoms with E-state index in [0.717, 1.165) is 15.7 Å². The molecular weight excluding hydrogens is 284 g/mol. The monoisotopic (exact) mass is 300 g/mol. The smallest absolute Gasteiger partial charge is 0.341 e. The number of rotatable bonds is 4. The van der Waals surface area contributed by atoms with E-state index < -0.39 is 17.4 Å². The standard InChI is InChI=1S/C16H16N2O4/c1-10-5-6-12(8-11(10)2)17-14(19)9-18-7-3-4-13(15(18)20)16(21)22/h3-8H,9H2,1-2H3,(H,17,19)(H,21,22). The first-order valence-corrected chi connectivity index (χ1v) is 6.68. The maximum Gasteiger partial charge on any atom is 0.341 e. The first-order valence-electron chi connectivity index (χ1n) is 6.68. The predicted octanol–water partition coefficient (Wildman–Crippen LogP) is 1.80. The van der Waals surface area contributed by atoms with Gasteiger partial charge in [-0.15, -0.1) is 0 Å². The fraction of sp³-hybridized carbons (Fsp3) is 0.188. The van der Waals surface area contributed by atoms with Gasteiger partial charge in [0.2, 0.25) is 5.91 Å². The van der Waals surface area contributed by atoms with Crippen molar-refractivity contribution in [3.8, 4) is 0 Å². The molecule has 22 heavy (non-hydrogen) atoms. The van der Waals surface area contributed by atoms with Gasteiger partial charge in [-0.1, -0.05) is 6.07 Å². The second-order valence-electron chi connectivity index (χ2n) is 5.01. The van der Waals surface area contributed by atoms with Gasteiger partial charge in [0.1, 0.15) is 12.1 Å². The molecule has 2 rings (SSSR count). The van der Waals surface area contributed by atoms with Crippen molar-refractivity contribution >= 4 is 17.6 Å². The quantitative estimate of drug-likeness (QED) is 0.901. The molecule has 1 aromatic heterocycles. The van der Waals surface area contributed by atoms with E-state index in [0.29, 0.717) is 5.69 Å². The molecular formula is C16H16N2O4. The lowest BCUT2D eigenvalue weighted by Crippen LogP contribution is -2.30. The lowest BCUT2D eigenvalue weighted by Gasteiger charge is -2.09. The fourth-order valence-corrected chi connectivity index (χ4v) is 2.00. The highest BCUT2D eigenvalue weighted by molar-refractivity contribution is 5.91. The van der Waals surface area contributed by atoms with Crippen molar-refractivity contribution in [3.63, 3.8) is 0 Å². The number of aromatic carboxylic acids is 1. The summed E-state index contributed by atoms with van der Waals surface area (Å²) in [6.07, 6.45) is 1.38. The highest BCUT2D eigenvalue weighted by atomic mass is 16.4. The summed E-state index contributed by atoms with van der Waals surface area (Å²) < 4.78 is 1.07. The van der Waals surface area contributed by atoms with Gasteiger partial charge in [-0.3, -0.25) is 9.59 Å². The number of carbonyl (C=O) groups excluding carboxylic acids is 1. The number of anilines is 1. The minimum atomic E-state index is -1.31. The van der Waals surface area contributed by atoms with Crippen LogP contribution in [0.25, 0.3) is 0 Å². The van der Waals surface area contributed by atoms with Gasteiger partial charge in [-0.05, 0) is 49.2 Å². The molecule has 0 spiro atoms. The van der Waals surface area contributed by atoms with Gasteiger partial charge in [0, 0.05) is 11.9 Å². The summed E-state index contributed by atoms with van der Waals surface area (Å²) in [7, 11) is 0. The molecule has 2 aromatic rings. The van der Waals surface area contributed by atoms with Crippen molar-refractivity contribution < 1.29 is 14.7 Å². The summed E-state index contributed by atoms with van der Waals surface area (Å²) in [6.45, 7) is 3.66. The minimum Gasteiger partial charge on any atom is -0.477 e. The van der Waals surface area contributed by atoms with Crippen LogP contribution in [0.1, 0.15) is 21.5 Å². The third-order valence-corrected chi connectivity index (χ3v) is 3.36. The molecule has 0 aliphatic heterocycles. The molecule has 0 saturated heterocycles. The van der Waals surface area contributed by atoms with Crippen molar-refractivity contribution in [1.82, 2.24) is 4.57 Å². The first kappa shape index (κ1) is 15.5. The van der Waals surface area contributed by atoms with Crippen LogP contribution in [-0.2, 0) is 11.3 Å². The number of hydrogen-bond acceptors (Lipinski definition) is 3. The van der Waals surface area contributed by atoms with Crippen molar-refractivity contribution in [2.24, 2.45) is 0 Å². The Morgan fingerprint density at radius 2 is 1.91 bits per heavy atom. The number of benzene rings is 1. The molecule has 0 fully saturated rings. The number of carbonyl (C=O) groups is 2. The second kappa shape index (κ2) is 6.26. The van der Waals surface area contributed by atoms with Crippen molar-refractivity contribution in [2.45, 2.75) is 20.4 Å². The van der Waals surface area contributed by atoms with Crippen molar-refractivity contribution in [2.75, 3.05) is 5.32 Å². The van der Waals surface area contributed by atoms with Crippen LogP contribution in [-0.4, -0.2) is 21.6 Å². The Hall–Kier alpha value is -2.89. The summed E-state index contributed by atoms with van der Waals surface area (Å²) in [5.41, 5.74) is 1.73. The lowest BCUT2D eigenvalue weighted by molar-refractivity contribution is -0.116. The molecule has 6 heteroatoms. The molecule has 1 amide bonds. The number of nitrogens with one attached hydrogen (secondary N) is 1. The maximum absolute atomic E-state index is 12.0. The van der Waals surface area contributed by atoms with E-state index in [1.807, 2.05) is 26.0 Å². The zero-order valence-electron chi connectivity index (χ0n) is 12.3. The zero-order chi connectivity index (χ0) is 16.3. The summed E-state index contributed by atoms with van der Waals surface area (Å²) in [6, 6.07) is 8.14. The molecule has 0 aliphatic carbocycles. The number of hydrogen-bond donors (Lipinski definition) is 2. The Labute approximate surface area is 127 Å². The number of carboxylic acid groups (broad SMARTS) is 1. The van der Waals surface area contributed by atoms with Crippen LogP contribution >= 0.6 is 0 Å². The van der Waals surface area contributed by atoms with Gasteiger partial charge in [0.05, 0.1) is 0 Å². The van der Waals surface area contributed by atoms with E-state index in [4.69, 9.17) is 5.11 Å². The SMILES string of the molecule is Cc1ccc(NC(=O)Cn2cccc(C(=O)O)c2=O)cc1C. The topological polar surface area (TPSA) is 88.4 Å². The summed E-state index contributed by atoms with van der Waals surface area (Å²) in [4.78, 5) is 34.8. The third kappa shape index (κ3) is 3.41. The highest BCUT2D eigenvalue weighted by Crippen LogP contribution is 2.14. The summed E-state index contributed by atoms with van der Waals surface area (Å²) >= 11 is 0. The van der Waals surface area contributed by atoms with E-state index in [2.05, 4.69) is 5.32 Å². The van der Waals surface area contributed by atoms with Crippen LogP contribution in [0.3, 0.4) is 0 Å². The van der Waals surface area contributed by atoms with Crippen LogP contribution in [0, 0.1) is 13.8 Å². The number of pyridine rings is 1. The van der Waals surface area contributed by atoms with Crippen molar-refractivity contribution in [1.29, 1.82) is 0 Å². The van der Waals surface area contributed by atoms with Crippen molar-refractivity contribution in [3.05, 3.63) is 63.6 Å². The van der Waals surface area contributed by atoms with E-state index >= 15 is 0 Å². The normalized spacial score (nSPS) is 10.3. The number of carboxylic acids is 1. The second-order valence-corrected chi connectivity index (χ2v) is 5.01. The molecule has 1 heterocycles. The molecule has 1 aromatic carbocycles. The number of aryl methyl sites for hydroxylation is 2. The molecule has 0 bridgehead atoms. The Morgan fingerprint density at radius 3 is 2.55 bits per heavy atom. The fourth-order valence-electron chi connectivity index (χ4n) is 2.00. The lowest BCUT2D eigenvalue weighted by atomic mass is 10.1. The molecule has 2 N–H and O–H groups in total. The van der Waals surface area contributed by atoms with Gasteiger partial charge in [0.15, 0.2) is 0 Å². The van der Waals surface area contributed by atoms with Gasteiger partial charge < -0.3 is 15.0 Å². The number of nitrogens with zero attached hydrogens (tertiary/aromatic N) is 1. The zero-order valence-corrected chi connectivity index (χ0v) is 12.3. The maximum atomic E-state index is 12.0. The number of aromatic nitrogens is 1. The van der Waals surface area contributed by atoms with Gasteiger partial charge in [-0.25, -0.2) is 4.79 Å². The summed E-state index contributed by atoms with van der Waals surface area (Å²) in [5, 5.41) is 11.6. The third-order valence-electron chi connectivity index (χ3n) is 3.36. The van der Waals surface area contributed by atoms with Gasteiger partial charge >= 0.3 is 5.97 Å². The average molecular weight is 300 g/mol. The van der Waals surface area contributed by atoms with Crippen LogP contribution in [0.4, 0.5) is 5.69 Å². The van der Waals surface area contributed by atoms with Crippen LogP contribution in [0.15, 0.2) is 41.3 Å². The molecule has 0 radical (unpaired) electrons. The van der Waals surface area contributed by atoms with Gasteiger partial charge in [0.25, 0.3) is 5.56 Å². The van der Waals surface area contributed by atoms with Crippen LogP contribution < -0.4 is 10.9 Å². The average Bonchev–Trinajstić information content (AvgIpc) is 2.45. The Morgan fingerprint density at radius 1 is 1.18 bits per heavy atom. The largest absolute Gasteiger partial charge is 0.477 e. The molecule has 0 saturated carbocycles.